The van der Waals surface area contributed by atoms with E-state index in [4.69, 9.17) is 5.73 Å². The zero-order valence-corrected chi connectivity index (χ0v) is 11.0. The average molecular weight is 291 g/mol. The third kappa shape index (κ3) is 2.95. The maximum Gasteiger partial charge on any atom is 0.301 e. The predicted octanol–water partition coefficient (Wildman–Crippen LogP) is 1.69. The van der Waals surface area contributed by atoms with E-state index in [9.17, 15) is 17.2 Å². The predicted molar refractivity (Wildman–Crippen MR) is 68.7 cm³/mol. The zero-order valence-electron chi connectivity index (χ0n) is 10.2. The van der Waals surface area contributed by atoms with Crippen LogP contribution in [0.15, 0.2) is 12.1 Å². The molecule has 0 saturated carbocycles. The molecule has 1 aromatic carbocycles. The maximum atomic E-state index is 13.6. The lowest BCUT2D eigenvalue weighted by atomic mass is 10.2. The van der Waals surface area contributed by atoms with E-state index in [0.717, 1.165) is 31.4 Å². The van der Waals surface area contributed by atoms with Gasteiger partial charge in [0.1, 0.15) is 11.5 Å². The largest absolute Gasteiger partial charge is 0.394 e. The van der Waals surface area contributed by atoms with Crippen LogP contribution in [-0.4, -0.2) is 25.8 Å². The Kier molecular flexibility index (Phi) is 3.91. The molecule has 106 valence electrons. The van der Waals surface area contributed by atoms with Gasteiger partial charge in [-0.15, -0.1) is 0 Å². The normalized spacial score (nSPS) is 17.4. The Labute approximate surface area is 110 Å². The van der Waals surface area contributed by atoms with Gasteiger partial charge < -0.3 is 5.73 Å². The van der Waals surface area contributed by atoms with Gasteiger partial charge in [0, 0.05) is 13.1 Å². The van der Waals surface area contributed by atoms with Crippen LogP contribution in [0.25, 0.3) is 0 Å². The van der Waals surface area contributed by atoms with E-state index in [-0.39, 0.29) is 5.69 Å². The second kappa shape index (κ2) is 5.30. The molecule has 0 aliphatic carbocycles. The summed E-state index contributed by atoms with van der Waals surface area (Å²) >= 11 is 0. The molecule has 19 heavy (non-hydrogen) atoms. The van der Waals surface area contributed by atoms with E-state index < -0.39 is 27.5 Å². The molecule has 2 rings (SSSR count). The first kappa shape index (κ1) is 14.0. The third-order valence-electron chi connectivity index (χ3n) is 3.02. The van der Waals surface area contributed by atoms with Crippen LogP contribution in [0.5, 0.6) is 0 Å². The first-order valence-electron chi connectivity index (χ1n) is 5.93. The Bertz CT molecular complexity index is 572. The molecular weight excluding hydrogens is 276 g/mol. The van der Waals surface area contributed by atoms with Crippen molar-refractivity contribution in [2.24, 2.45) is 0 Å². The Balaban J connectivity index is 2.23. The highest BCUT2D eigenvalue weighted by Gasteiger charge is 2.25. The molecular formula is C11H15F2N3O2S. The number of nitrogens with two attached hydrogens (primary N) is 1. The van der Waals surface area contributed by atoms with Crippen molar-refractivity contribution in [3.05, 3.63) is 23.8 Å². The highest BCUT2D eigenvalue weighted by Crippen LogP contribution is 2.25. The van der Waals surface area contributed by atoms with Gasteiger partial charge in [-0.25, -0.2) is 8.78 Å². The molecule has 1 aliphatic rings. The Morgan fingerprint density at radius 1 is 1.16 bits per heavy atom. The molecule has 5 nitrogen and oxygen atoms in total. The van der Waals surface area contributed by atoms with Crippen LogP contribution in [0, 0.1) is 11.6 Å². The smallest absolute Gasteiger partial charge is 0.301 e. The molecule has 1 saturated heterocycles. The van der Waals surface area contributed by atoms with E-state index in [1.165, 1.54) is 4.31 Å². The van der Waals surface area contributed by atoms with Crippen LogP contribution in [0.3, 0.4) is 0 Å². The number of hydrogen-bond acceptors (Lipinski definition) is 3. The van der Waals surface area contributed by atoms with Crippen LogP contribution in [0.4, 0.5) is 20.2 Å². The second-order valence-corrected chi connectivity index (χ2v) is 6.06. The third-order valence-corrected chi connectivity index (χ3v) is 4.54. The molecule has 0 aromatic heterocycles. The molecule has 1 aliphatic heterocycles. The lowest BCUT2D eigenvalue weighted by Gasteiger charge is -2.26. The summed E-state index contributed by atoms with van der Waals surface area (Å²) in [6.07, 6.45) is 2.52. The summed E-state index contributed by atoms with van der Waals surface area (Å²) in [5, 5.41) is 0. The molecule has 0 spiro atoms. The van der Waals surface area contributed by atoms with Crippen LogP contribution in [-0.2, 0) is 10.2 Å². The Morgan fingerprint density at radius 3 is 2.42 bits per heavy atom. The van der Waals surface area contributed by atoms with Crippen molar-refractivity contribution in [2.45, 2.75) is 19.3 Å². The fourth-order valence-corrected chi connectivity index (χ4v) is 3.26. The Morgan fingerprint density at radius 2 is 1.79 bits per heavy atom. The number of benzene rings is 1. The fraction of sp³-hybridized carbons (Fsp3) is 0.455. The minimum atomic E-state index is -3.82. The fourth-order valence-electron chi connectivity index (χ4n) is 1.96. The Hall–Kier alpha value is -1.41. The molecule has 1 fully saturated rings. The highest BCUT2D eigenvalue weighted by molar-refractivity contribution is 7.90. The molecule has 3 N–H and O–H groups in total. The highest BCUT2D eigenvalue weighted by atomic mass is 32.2. The second-order valence-electron chi connectivity index (χ2n) is 4.39. The van der Waals surface area contributed by atoms with Crippen molar-refractivity contribution in [1.29, 1.82) is 0 Å². The van der Waals surface area contributed by atoms with E-state index >= 15 is 0 Å². The number of anilines is 2. The number of piperidine rings is 1. The molecule has 0 amide bonds. The summed E-state index contributed by atoms with van der Waals surface area (Å²) in [5.41, 5.74) is 4.14. The van der Waals surface area contributed by atoms with Gasteiger partial charge in [-0.1, -0.05) is 6.42 Å². The zero-order chi connectivity index (χ0) is 14.0. The van der Waals surface area contributed by atoms with Crippen molar-refractivity contribution >= 4 is 21.6 Å². The van der Waals surface area contributed by atoms with E-state index in [1.54, 1.807) is 0 Å². The van der Waals surface area contributed by atoms with Crippen molar-refractivity contribution in [3.63, 3.8) is 0 Å². The van der Waals surface area contributed by atoms with Gasteiger partial charge in [-0.05, 0) is 25.0 Å². The lowest BCUT2D eigenvalue weighted by molar-refractivity contribution is 0.349. The average Bonchev–Trinajstić information content (AvgIpc) is 2.40. The minimum Gasteiger partial charge on any atom is -0.394 e. The quantitative estimate of drug-likeness (QED) is 0.832. The molecule has 0 atom stereocenters. The topological polar surface area (TPSA) is 75.4 Å². The molecule has 0 bridgehead atoms. The summed E-state index contributed by atoms with van der Waals surface area (Å²) in [5.74, 6) is -2.01. The maximum absolute atomic E-state index is 13.6. The number of hydrogen-bond donors (Lipinski definition) is 2. The molecule has 8 heteroatoms. The lowest BCUT2D eigenvalue weighted by Crippen LogP contribution is -2.39. The van der Waals surface area contributed by atoms with Gasteiger partial charge in [0.05, 0.1) is 5.69 Å². The summed E-state index contributed by atoms with van der Waals surface area (Å²) in [6.45, 7) is 0.793. The minimum absolute atomic E-state index is 0.343. The molecule has 1 aromatic rings. The molecule has 0 unspecified atom stereocenters. The van der Waals surface area contributed by atoms with Gasteiger partial charge in [-0.3, -0.25) is 4.72 Å². The summed E-state index contributed by atoms with van der Waals surface area (Å²) < 4.78 is 54.0. The van der Waals surface area contributed by atoms with Crippen LogP contribution < -0.4 is 10.5 Å². The van der Waals surface area contributed by atoms with Crippen molar-refractivity contribution in [2.75, 3.05) is 23.5 Å². The number of nitrogen functional groups attached to an aromatic ring is 1. The number of rotatable bonds is 3. The van der Waals surface area contributed by atoms with Gasteiger partial charge >= 0.3 is 10.2 Å². The SMILES string of the molecule is Nc1c(F)ccc(NS(=O)(=O)N2CCCCC2)c1F. The summed E-state index contributed by atoms with van der Waals surface area (Å²) in [7, 11) is -3.82. The number of halogens is 2. The standard InChI is InChI=1S/C11H15F2N3O2S/c12-8-4-5-9(10(13)11(8)14)15-19(17,18)16-6-2-1-3-7-16/h4-5,15H,1-3,6-7,14H2. The summed E-state index contributed by atoms with van der Waals surface area (Å²) in [6, 6.07) is 1.94. The number of nitrogens with zero attached hydrogens (tertiary/aromatic N) is 1. The van der Waals surface area contributed by atoms with Gasteiger partial charge in [0.15, 0.2) is 5.82 Å². The number of nitrogens with one attached hydrogen (secondary N) is 1. The first-order chi connectivity index (χ1) is 8.92. The van der Waals surface area contributed by atoms with Crippen LogP contribution in [0.2, 0.25) is 0 Å². The van der Waals surface area contributed by atoms with Crippen LogP contribution in [0.1, 0.15) is 19.3 Å². The van der Waals surface area contributed by atoms with Gasteiger partial charge in [0.2, 0.25) is 0 Å². The van der Waals surface area contributed by atoms with Crippen molar-refractivity contribution < 1.29 is 17.2 Å². The van der Waals surface area contributed by atoms with Crippen molar-refractivity contribution in [1.82, 2.24) is 4.31 Å². The van der Waals surface area contributed by atoms with E-state index in [1.807, 2.05) is 0 Å². The van der Waals surface area contributed by atoms with Crippen molar-refractivity contribution in [3.8, 4) is 0 Å². The molecule has 1 heterocycles. The summed E-state index contributed by atoms with van der Waals surface area (Å²) in [4.78, 5) is 0. The van der Waals surface area contributed by atoms with E-state index in [2.05, 4.69) is 4.72 Å². The van der Waals surface area contributed by atoms with Crippen LogP contribution >= 0.6 is 0 Å². The van der Waals surface area contributed by atoms with Gasteiger partial charge in [0.25, 0.3) is 0 Å². The van der Waals surface area contributed by atoms with E-state index in [0.29, 0.717) is 13.1 Å². The first-order valence-corrected chi connectivity index (χ1v) is 7.37. The molecule has 0 radical (unpaired) electrons. The van der Waals surface area contributed by atoms with Gasteiger partial charge in [-0.2, -0.15) is 12.7 Å². The monoisotopic (exact) mass is 291 g/mol.